The fourth-order valence-corrected chi connectivity index (χ4v) is 4.14. The van der Waals surface area contributed by atoms with Crippen molar-refractivity contribution in [2.45, 2.75) is 25.3 Å². The maximum absolute atomic E-state index is 12.4. The van der Waals surface area contributed by atoms with Gasteiger partial charge in [0.25, 0.3) is 0 Å². The summed E-state index contributed by atoms with van der Waals surface area (Å²) < 4.78 is 37.1. The van der Waals surface area contributed by atoms with Crippen LogP contribution in [0.4, 0.5) is 5.82 Å². The van der Waals surface area contributed by atoms with Gasteiger partial charge < -0.3 is 14.8 Å². The van der Waals surface area contributed by atoms with Gasteiger partial charge in [-0.15, -0.1) is 0 Å². The number of nitrogens with zero attached hydrogens (tertiary/aromatic N) is 2. The maximum atomic E-state index is 12.4. The largest absolute Gasteiger partial charge is 0.462 e. The highest BCUT2D eigenvalue weighted by molar-refractivity contribution is 7.89. The second-order valence-electron chi connectivity index (χ2n) is 7.43. The van der Waals surface area contributed by atoms with E-state index < -0.39 is 16.0 Å². The first-order chi connectivity index (χ1) is 16.3. The molecule has 0 fully saturated rings. The van der Waals surface area contributed by atoms with Gasteiger partial charge in [-0.2, -0.15) is 0 Å². The molecule has 3 aromatic rings. The second kappa shape index (κ2) is 11.7. The van der Waals surface area contributed by atoms with Crippen molar-refractivity contribution < 1.29 is 22.7 Å². The molecule has 1 heterocycles. The number of aromatic nitrogens is 2. The number of rotatable bonds is 11. The van der Waals surface area contributed by atoms with Crippen LogP contribution in [0.3, 0.4) is 0 Å². The molecule has 0 atom stereocenters. The number of nitrogens with one attached hydrogen (secondary N) is 2. The van der Waals surface area contributed by atoms with Crippen molar-refractivity contribution in [1.29, 1.82) is 0 Å². The fourth-order valence-electron chi connectivity index (χ4n) is 3.13. The fraction of sp³-hybridized carbons (Fsp3) is 0.292. The van der Waals surface area contributed by atoms with E-state index in [9.17, 15) is 13.2 Å². The van der Waals surface area contributed by atoms with Crippen molar-refractivity contribution in [3.63, 3.8) is 0 Å². The first kappa shape index (κ1) is 25.3. The third kappa shape index (κ3) is 6.60. The molecule has 0 aliphatic carbocycles. The number of anilines is 1. The lowest BCUT2D eigenvalue weighted by Crippen LogP contribution is -2.27. The molecule has 2 aromatic carbocycles. The Hall–Kier alpha value is -3.34. The van der Waals surface area contributed by atoms with E-state index in [0.29, 0.717) is 18.2 Å². The summed E-state index contributed by atoms with van der Waals surface area (Å²) >= 11 is 0. The number of sulfonamides is 1. The Bertz CT molecular complexity index is 1230. The van der Waals surface area contributed by atoms with E-state index in [-0.39, 0.29) is 30.2 Å². The molecule has 2 N–H and O–H groups in total. The number of methoxy groups -OCH3 is 1. The van der Waals surface area contributed by atoms with Crippen LogP contribution in [-0.2, 0) is 26.0 Å². The Morgan fingerprint density at radius 1 is 1.12 bits per heavy atom. The van der Waals surface area contributed by atoms with Crippen LogP contribution >= 0.6 is 0 Å². The van der Waals surface area contributed by atoms with Crippen LogP contribution < -0.4 is 10.0 Å². The van der Waals surface area contributed by atoms with E-state index in [2.05, 4.69) is 20.0 Å². The standard InChI is InChI=1S/C24H28N4O5S/c1-4-33-24(29)21-16-26-22(19-7-5-6-17(2)14-19)28-23(21)25-15-18-8-10-20(11-9-18)34(30,31)27-12-13-32-3/h5-11,14,16,27H,4,12-13,15H2,1-3H3,(H,25,26,28). The number of carbonyl (C=O) groups is 1. The topological polar surface area (TPSA) is 120 Å². The first-order valence-electron chi connectivity index (χ1n) is 10.8. The van der Waals surface area contributed by atoms with Gasteiger partial charge in [0.15, 0.2) is 5.82 Å². The van der Waals surface area contributed by atoms with Crippen molar-refractivity contribution in [2.75, 3.05) is 32.2 Å². The zero-order valence-electron chi connectivity index (χ0n) is 19.4. The molecule has 34 heavy (non-hydrogen) atoms. The summed E-state index contributed by atoms with van der Waals surface area (Å²) in [5.41, 5.74) is 2.92. The van der Waals surface area contributed by atoms with Crippen LogP contribution in [0.2, 0.25) is 0 Å². The van der Waals surface area contributed by atoms with E-state index in [4.69, 9.17) is 9.47 Å². The first-order valence-corrected chi connectivity index (χ1v) is 12.2. The van der Waals surface area contributed by atoms with Crippen LogP contribution in [0.1, 0.15) is 28.4 Å². The number of carbonyl (C=O) groups excluding carboxylic acids is 1. The Morgan fingerprint density at radius 3 is 2.56 bits per heavy atom. The molecule has 0 aliphatic heterocycles. The molecule has 0 saturated heterocycles. The Kier molecular flexibility index (Phi) is 8.69. The van der Waals surface area contributed by atoms with Gasteiger partial charge in [0.1, 0.15) is 11.4 Å². The van der Waals surface area contributed by atoms with Crippen molar-refractivity contribution in [3.05, 3.63) is 71.4 Å². The minimum Gasteiger partial charge on any atom is -0.462 e. The molecule has 0 unspecified atom stereocenters. The summed E-state index contributed by atoms with van der Waals surface area (Å²) in [6.07, 6.45) is 1.45. The Balaban J connectivity index is 1.80. The highest BCUT2D eigenvalue weighted by Crippen LogP contribution is 2.22. The smallest absolute Gasteiger partial charge is 0.343 e. The van der Waals surface area contributed by atoms with Crippen molar-refractivity contribution in [2.24, 2.45) is 0 Å². The highest BCUT2D eigenvalue weighted by Gasteiger charge is 2.17. The van der Waals surface area contributed by atoms with E-state index in [1.807, 2.05) is 31.2 Å². The number of hydrogen-bond donors (Lipinski definition) is 2. The van der Waals surface area contributed by atoms with Gasteiger partial charge in [-0.3, -0.25) is 0 Å². The van der Waals surface area contributed by atoms with E-state index in [1.54, 1.807) is 19.1 Å². The molecule has 0 aliphatic rings. The third-order valence-corrected chi connectivity index (χ3v) is 6.33. The molecule has 0 spiro atoms. The van der Waals surface area contributed by atoms with Crippen molar-refractivity contribution >= 4 is 21.8 Å². The van der Waals surface area contributed by atoms with Crippen molar-refractivity contribution in [3.8, 4) is 11.4 Å². The SMILES string of the molecule is CCOC(=O)c1cnc(-c2cccc(C)c2)nc1NCc1ccc(S(=O)(=O)NCCOC)cc1. The van der Waals surface area contributed by atoms with Gasteiger partial charge >= 0.3 is 5.97 Å². The molecule has 10 heteroatoms. The zero-order valence-corrected chi connectivity index (χ0v) is 20.2. The monoisotopic (exact) mass is 484 g/mol. The molecule has 1 aromatic heterocycles. The average Bonchev–Trinajstić information content (AvgIpc) is 2.83. The molecular weight excluding hydrogens is 456 g/mol. The molecule has 0 bridgehead atoms. The molecule has 0 radical (unpaired) electrons. The number of hydrogen-bond acceptors (Lipinski definition) is 8. The van der Waals surface area contributed by atoms with Gasteiger partial charge in [0.2, 0.25) is 10.0 Å². The normalized spacial score (nSPS) is 11.3. The van der Waals surface area contributed by atoms with Crippen LogP contribution in [0.5, 0.6) is 0 Å². The molecule has 9 nitrogen and oxygen atoms in total. The van der Waals surface area contributed by atoms with E-state index in [1.165, 1.54) is 25.4 Å². The van der Waals surface area contributed by atoms with Crippen LogP contribution in [0.25, 0.3) is 11.4 Å². The number of esters is 1. The summed E-state index contributed by atoms with van der Waals surface area (Å²) in [5, 5.41) is 3.16. The van der Waals surface area contributed by atoms with E-state index in [0.717, 1.165) is 16.7 Å². The van der Waals surface area contributed by atoms with Gasteiger partial charge in [-0.1, -0.05) is 35.9 Å². The van der Waals surface area contributed by atoms with Crippen LogP contribution in [0.15, 0.2) is 59.6 Å². The molecule has 0 saturated carbocycles. The maximum Gasteiger partial charge on any atom is 0.343 e. The number of benzene rings is 2. The Labute approximate surface area is 199 Å². The number of ether oxygens (including phenoxy) is 2. The molecule has 3 rings (SSSR count). The lowest BCUT2D eigenvalue weighted by Gasteiger charge is -2.12. The average molecular weight is 485 g/mol. The van der Waals surface area contributed by atoms with Crippen molar-refractivity contribution in [1.82, 2.24) is 14.7 Å². The quantitative estimate of drug-likeness (QED) is 0.315. The molecular formula is C24H28N4O5S. The molecule has 0 amide bonds. The van der Waals surface area contributed by atoms with E-state index >= 15 is 0 Å². The second-order valence-corrected chi connectivity index (χ2v) is 9.20. The van der Waals surface area contributed by atoms with Gasteiger partial charge in [0, 0.05) is 32.0 Å². The van der Waals surface area contributed by atoms with Gasteiger partial charge in [0.05, 0.1) is 18.1 Å². The summed E-state index contributed by atoms with van der Waals surface area (Å²) in [5.74, 6) is 0.287. The van der Waals surface area contributed by atoms with Gasteiger partial charge in [-0.05, 0) is 37.6 Å². The number of aryl methyl sites for hydroxylation is 1. The summed E-state index contributed by atoms with van der Waals surface area (Å²) in [6, 6.07) is 14.2. The molecule has 180 valence electrons. The summed E-state index contributed by atoms with van der Waals surface area (Å²) in [7, 11) is -2.11. The zero-order chi connectivity index (χ0) is 24.6. The van der Waals surface area contributed by atoms with Gasteiger partial charge in [-0.25, -0.2) is 27.9 Å². The predicted molar refractivity (Wildman–Crippen MR) is 129 cm³/mol. The van der Waals surface area contributed by atoms with Crippen LogP contribution in [-0.4, -0.2) is 51.2 Å². The predicted octanol–water partition coefficient (Wildman–Crippen LogP) is 3.17. The summed E-state index contributed by atoms with van der Waals surface area (Å²) in [6.45, 7) is 4.73. The summed E-state index contributed by atoms with van der Waals surface area (Å²) in [4.78, 5) is 21.5. The minimum absolute atomic E-state index is 0.156. The Morgan fingerprint density at radius 2 is 1.88 bits per heavy atom. The lowest BCUT2D eigenvalue weighted by molar-refractivity contribution is 0.0526. The highest BCUT2D eigenvalue weighted by atomic mass is 32.2. The minimum atomic E-state index is -3.61. The third-order valence-electron chi connectivity index (χ3n) is 4.85. The van der Waals surface area contributed by atoms with Crippen LogP contribution in [0, 0.1) is 6.92 Å². The lowest BCUT2D eigenvalue weighted by atomic mass is 10.1.